The van der Waals surface area contributed by atoms with Crippen LogP contribution in [0.4, 0.5) is 23.0 Å². The molecule has 2 aromatic heterocycles. The predicted molar refractivity (Wildman–Crippen MR) is 160 cm³/mol. The topological polar surface area (TPSA) is 110 Å². The molecule has 0 fully saturated rings. The number of rotatable bonds is 13. The quantitative estimate of drug-likeness (QED) is 0.300. The molecule has 0 saturated carbocycles. The van der Waals surface area contributed by atoms with Crippen molar-refractivity contribution in [3.05, 3.63) is 54.5 Å². The maximum Gasteiger partial charge on any atom is 0.247 e. The number of carbonyl (C=O) groups excluding carboxylic acids is 1. The lowest BCUT2D eigenvalue weighted by molar-refractivity contribution is -0.111. The Balaban J connectivity index is 2.02. The molecule has 0 spiro atoms. The predicted octanol–water partition coefficient (Wildman–Crippen LogP) is 4.37. The second-order valence-electron chi connectivity index (χ2n) is 10.6. The van der Waals surface area contributed by atoms with Crippen LogP contribution in [0.25, 0.3) is 5.82 Å². The van der Waals surface area contributed by atoms with Gasteiger partial charge < -0.3 is 29.9 Å². The summed E-state index contributed by atoms with van der Waals surface area (Å²) >= 11 is 0. The van der Waals surface area contributed by atoms with Gasteiger partial charge in [0.15, 0.2) is 5.82 Å². The van der Waals surface area contributed by atoms with Crippen LogP contribution in [0.1, 0.15) is 39.0 Å². The van der Waals surface area contributed by atoms with Crippen LogP contribution >= 0.6 is 0 Å². The van der Waals surface area contributed by atoms with Crippen LogP contribution in [0, 0.1) is 0 Å². The van der Waals surface area contributed by atoms with Crippen LogP contribution < -0.4 is 20.3 Å². The second kappa shape index (κ2) is 13.4. The third kappa shape index (κ3) is 7.57. The van der Waals surface area contributed by atoms with Crippen molar-refractivity contribution in [3.8, 4) is 11.6 Å². The van der Waals surface area contributed by atoms with E-state index < -0.39 is 0 Å². The molecule has 0 aliphatic heterocycles. The normalized spacial score (nSPS) is 11.4. The Morgan fingerprint density at radius 1 is 1.20 bits per heavy atom. The zero-order chi connectivity index (χ0) is 29.4. The van der Waals surface area contributed by atoms with Crippen LogP contribution in [-0.4, -0.2) is 78.6 Å². The SMILES string of the molecule is C=CC(=O)Nc1cc(Nc2nccc(-n3cc(CN(C)C)c(C(C)(C)C)n3)n2)c(OC)cc1N(CC)CCOC. The summed E-state index contributed by atoms with van der Waals surface area (Å²) in [4.78, 5) is 25.7. The molecule has 11 nitrogen and oxygen atoms in total. The zero-order valence-electron chi connectivity index (χ0n) is 24.9. The molecule has 0 radical (unpaired) electrons. The van der Waals surface area contributed by atoms with E-state index in [1.165, 1.54) is 6.08 Å². The maximum atomic E-state index is 12.3. The minimum Gasteiger partial charge on any atom is -0.494 e. The molecule has 3 rings (SSSR count). The summed E-state index contributed by atoms with van der Waals surface area (Å²) in [6.45, 7) is 14.7. The Bertz CT molecular complexity index is 1310. The van der Waals surface area contributed by atoms with Crippen molar-refractivity contribution in [2.45, 2.75) is 39.7 Å². The molecule has 2 heterocycles. The van der Waals surface area contributed by atoms with Crippen LogP contribution in [0.2, 0.25) is 0 Å². The first-order valence-corrected chi connectivity index (χ1v) is 13.2. The van der Waals surface area contributed by atoms with Crippen molar-refractivity contribution in [1.29, 1.82) is 0 Å². The largest absolute Gasteiger partial charge is 0.494 e. The van der Waals surface area contributed by atoms with Crippen LogP contribution in [-0.2, 0) is 21.5 Å². The molecule has 0 aliphatic rings. The van der Waals surface area contributed by atoms with Crippen molar-refractivity contribution in [2.75, 3.05) is 63.5 Å². The monoisotopic (exact) mass is 550 g/mol. The number of carbonyl (C=O) groups is 1. The summed E-state index contributed by atoms with van der Waals surface area (Å²) in [5.41, 5.74) is 4.02. The van der Waals surface area contributed by atoms with Crippen LogP contribution in [0.5, 0.6) is 5.75 Å². The number of nitrogens with zero attached hydrogens (tertiary/aromatic N) is 6. The molecular formula is C29H42N8O3. The zero-order valence-corrected chi connectivity index (χ0v) is 24.9. The summed E-state index contributed by atoms with van der Waals surface area (Å²) in [5, 5.41) is 11.1. The van der Waals surface area contributed by atoms with Gasteiger partial charge in [0, 0.05) is 62.2 Å². The first-order valence-electron chi connectivity index (χ1n) is 13.2. The van der Waals surface area contributed by atoms with Crippen LogP contribution in [0.15, 0.2) is 43.2 Å². The van der Waals surface area contributed by atoms with Gasteiger partial charge in [0.25, 0.3) is 0 Å². The van der Waals surface area contributed by atoms with Gasteiger partial charge in [-0.2, -0.15) is 10.1 Å². The van der Waals surface area contributed by atoms with Crippen molar-refractivity contribution < 1.29 is 14.3 Å². The van der Waals surface area contributed by atoms with Gasteiger partial charge in [-0.05, 0) is 33.2 Å². The third-order valence-corrected chi connectivity index (χ3v) is 6.16. The third-order valence-electron chi connectivity index (χ3n) is 6.16. The fourth-order valence-electron chi connectivity index (χ4n) is 4.30. The Labute approximate surface area is 237 Å². The highest BCUT2D eigenvalue weighted by Crippen LogP contribution is 2.38. The Morgan fingerprint density at radius 3 is 2.55 bits per heavy atom. The average molecular weight is 551 g/mol. The van der Waals surface area contributed by atoms with E-state index in [0.29, 0.717) is 48.6 Å². The number of amides is 1. The molecule has 0 atom stereocenters. The van der Waals surface area contributed by atoms with Gasteiger partial charge in [0.1, 0.15) is 5.75 Å². The van der Waals surface area contributed by atoms with Gasteiger partial charge in [0.2, 0.25) is 11.9 Å². The van der Waals surface area contributed by atoms with E-state index in [9.17, 15) is 4.79 Å². The van der Waals surface area contributed by atoms with Crippen molar-refractivity contribution in [1.82, 2.24) is 24.6 Å². The van der Waals surface area contributed by atoms with Gasteiger partial charge >= 0.3 is 0 Å². The summed E-state index contributed by atoms with van der Waals surface area (Å²) in [6, 6.07) is 5.50. The smallest absolute Gasteiger partial charge is 0.247 e. The number of benzene rings is 1. The van der Waals surface area contributed by atoms with Crippen molar-refractivity contribution in [2.24, 2.45) is 0 Å². The lowest BCUT2D eigenvalue weighted by Gasteiger charge is -2.27. The molecule has 3 aromatic rings. The molecule has 1 aromatic carbocycles. The maximum absolute atomic E-state index is 12.3. The lowest BCUT2D eigenvalue weighted by atomic mass is 9.89. The molecule has 0 saturated heterocycles. The minimum atomic E-state index is -0.319. The summed E-state index contributed by atoms with van der Waals surface area (Å²) < 4.78 is 12.8. The van der Waals surface area contributed by atoms with Gasteiger partial charge in [-0.15, -0.1) is 0 Å². The van der Waals surface area contributed by atoms with E-state index in [1.807, 2.05) is 45.4 Å². The molecule has 40 heavy (non-hydrogen) atoms. The van der Waals surface area contributed by atoms with E-state index >= 15 is 0 Å². The minimum absolute atomic E-state index is 0.123. The average Bonchev–Trinajstić information content (AvgIpc) is 3.34. The van der Waals surface area contributed by atoms with Crippen molar-refractivity contribution in [3.63, 3.8) is 0 Å². The van der Waals surface area contributed by atoms with Gasteiger partial charge in [-0.3, -0.25) is 4.79 Å². The Morgan fingerprint density at radius 2 is 1.95 bits per heavy atom. The molecule has 1 amide bonds. The molecule has 11 heteroatoms. The van der Waals surface area contributed by atoms with Crippen molar-refractivity contribution >= 4 is 28.9 Å². The fraction of sp³-hybridized carbons (Fsp3) is 0.448. The fourth-order valence-corrected chi connectivity index (χ4v) is 4.30. The number of likely N-dealkylation sites (N-methyl/N-ethyl adjacent to an activating group) is 1. The number of hydrogen-bond acceptors (Lipinski definition) is 9. The highest BCUT2D eigenvalue weighted by Gasteiger charge is 2.24. The van der Waals surface area contributed by atoms with Gasteiger partial charge in [-0.25, -0.2) is 9.67 Å². The summed E-state index contributed by atoms with van der Waals surface area (Å²) in [7, 11) is 7.33. The van der Waals surface area contributed by atoms with E-state index in [1.54, 1.807) is 25.1 Å². The Hall–Kier alpha value is -3.96. The lowest BCUT2D eigenvalue weighted by Crippen LogP contribution is -2.28. The molecule has 0 aliphatic carbocycles. The number of aromatic nitrogens is 4. The number of ether oxygens (including phenoxy) is 2. The van der Waals surface area contributed by atoms with E-state index in [-0.39, 0.29) is 11.3 Å². The summed E-state index contributed by atoms with van der Waals surface area (Å²) in [6.07, 6.45) is 4.93. The number of hydrogen-bond donors (Lipinski definition) is 2. The molecule has 2 N–H and O–H groups in total. The summed E-state index contributed by atoms with van der Waals surface area (Å²) in [5.74, 6) is 1.23. The first-order chi connectivity index (χ1) is 19.0. The van der Waals surface area contributed by atoms with E-state index in [4.69, 9.17) is 19.6 Å². The molecular weight excluding hydrogens is 508 g/mol. The number of methoxy groups -OCH3 is 2. The highest BCUT2D eigenvalue weighted by atomic mass is 16.5. The molecule has 0 bridgehead atoms. The standard InChI is InChI=1S/C29H42N8O3/c1-10-26(38)31-21-16-22(24(40-9)17-23(21)36(11-2)14-15-39-8)32-28-30-13-12-25(33-28)37-19-20(18-35(6)7)27(34-37)29(3,4)5/h10,12-13,16-17,19H,1,11,14-15,18H2,2-9H3,(H,31,38)(H,30,32,33). The second-order valence-corrected chi connectivity index (χ2v) is 10.6. The highest BCUT2D eigenvalue weighted by molar-refractivity contribution is 6.02. The van der Waals surface area contributed by atoms with Crippen LogP contribution in [0.3, 0.4) is 0 Å². The molecule has 216 valence electrons. The number of anilines is 4. The number of nitrogens with one attached hydrogen (secondary N) is 2. The first kappa shape index (κ1) is 30.6. The van der Waals surface area contributed by atoms with Gasteiger partial charge in [-0.1, -0.05) is 27.4 Å². The van der Waals surface area contributed by atoms with E-state index in [0.717, 1.165) is 23.5 Å². The van der Waals surface area contributed by atoms with E-state index in [2.05, 4.69) is 52.8 Å². The Kier molecular flexibility index (Phi) is 10.2. The van der Waals surface area contributed by atoms with Gasteiger partial charge in [0.05, 0.1) is 36.5 Å². The molecule has 0 unspecified atom stereocenters.